The van der Waals surface area contributed by atoms with E-state index in [4.69, 9.17) is 4.74 Å². The smallest absolute Gasteiger partial charge is 0.302 e. The molecule has 0 aliphatic carbocycles. The normalized spacial score (nSPS) is 10.1. The maximum Gasteiger partial charge on any atom is 0.302 e. The highest BCUT2D eigenvalue weighted by Crippen LogP contribution is 2.10. The van der Waals surface area contributed by atoms with E-state index in [0.29, 0.717) is 11.1 Å². The van der Waals surface area contributed by atoms with Crippen molar-refractivity contribution in [3.8, 4) is 0 Å². The molecule has 1 aromatic heterocycles. The minimum atomic E-state index is -0.620. The molecule has 1 heterocycles. The lowest BCUT2D eigenvalue weighted by Crippen LogP contribution is -2.14. The van der Waals surface area contributed by atoms with E-state index < -0.39 is 17.5 Å². The predicted octanol–water partition coefficient (Wildman–Crippen LogP) is 2.14. The molecule has 5 nitrogen and oxygen atoms in total. The van der Waals surface area contributed by atoms with Gasteiger partial charge in [0.1, 0.15) is 6.61 Å². The van der Waals surface area contributed by atoms with E-state index in [1.165, 1.54) is 19.2 Å². The van der Waals surface area contributed by atoms with Gasteiger partial charge in [0.25, 0.3) is 0 Å². The Hall–Kier alpha value is -2.69. The van der Waals surface area contributed by atoms with Crippen LogP contribution in [0.4, 0.5) is 0 Å². The summed E-state index contributed by atoms with van der Waals surface area (Å²) in [6.07, 6.45) is 1.54. The van der Waals surface area contributed by atoms with Crippen LogP contribution in [0.15, 0.2) is 42.6 Å². The van der Waals surface area contributed by atoms with Gasteiger partial charge in [-0.2, -0.15) is 0 Å². The van der Waals surface area contributed by atoms with Gasteiger partial charge in [-0.25, -0.2) is 0 Å². The van der Waals surface area contributed by atoms with Gasteiger partial charge in [0.05, 0.1) is 5.69 Å². The van der Waals surface area contributed by atoms with E-state index >= 15 is 0 Å². The number of hydrogen-bond donors (Lipinski definition) is 1. The summed E-state index contributed by atoms with van der Waals surface area (Å²) >= 11 is 0. The van der Waals surface area contributed by atoms with Gasteiger partial charge in [0.15, 0.2) is 0 Å². The quantitative estimate of drug-likeness (QED) is 0.513. The Morgan fingerprint density at radius 3 is 2.45 bits per heavy atom. The minimum absolute atomic E-state index is 0.0681. The average Bonchev–Trinajstić information content (AvgIpc) is 2.93. The Labute approximate surface area is 115 Å². The zero-order valence-electron chi connectivity index (χ0n) is 10.9. The first-order valence-electron chi connectivity index (χ1n) is 6.02. The van der Waals surface area contributed by atoms with E-state index in [1.807, 2.05) is 0 Å². The molecule has 5 heteroatoms. The summed E-state index contributed by atoms with van der Waals surface area (Å²) in [6, 6.07) is 9.84. The number of carbonyl (C=O) groups is 3. The fraction of sp³-hybridized carbons (Fsp3) is 0.133. The molecule has 0 saturated heterocycles. The Kier molecular flexibility index (Phi) is 4.10. The molecule has 0 fully saturated rings. The molecule has 20 heavy (non-hydrogen) atoms. The summed E-state index contributed by atoms with van der Waals surface area (Å²) in [5, 5.41) is 0. The van der Waals surface area contributed by atoms with Crippen molar-refractivity contribution >= 4 is 17.5 Å². The molecule has 0 bridgehead atoms. The highest BCUT2D eigenvalue weighted by atomic mass is 16.5. The standard InChI is InChI=1S/C15H13NO4/c1-10(17)20-9-11-7-13(16-8-11)15(19)14(18)12-5-3-2-4-6-12/h2-8,16H,9H2,1H3. The van der Waals surface area contributed by atoms with Crippen LogP contribution in [0.2, 0.25) is 0 Å². The van der Waals surface area contributed by atoms with Gasteiger partial charge in [0, 0.05) is 24.2 Å². The SMILES string of the molecule is CC(=O)OCc1c[nH]c(C(=O)C(=O)c2ccccc2)c1. The third-order valence-corrected chi connectivity index (χ3v) is 2.67. The lowest BCUT2D eigenvalue weighted by atomic mass is 10.1. The molecule has 1 aromatic carbocycles. The van der Waals surface area contributed by atoms with Crippen LogP contribution >= 0.6 is 0 Å². The minimum Gasteiger partial charge on any atom is -0.461 e. The first-order valence-corrected chi connectivity index (χ1v) is 6.02. The van der Waals surface area contributed by atoms with Crippen molar-refractivity contribution in [1.82, 2.24) is 4.98 Å². The summed E-state index contributed by atoms with van der Waals surface area (Å²) in [4.78, 5) is 37.4. The topological polar surface area (TPSA) is 76.2 Å². The summed E-state index contributed by atoms with van der Waals surface area (Å²) < 4.78 is 4.81. The van der Waals surface area contributed by atoms with E-state index in [0.717, 1.165) is 0 Å². The molecule has 0 atom stereocenters. The molecular formula is C15H13NO4. The molecule has 2 rings (SSSR count). The molecule has 1 N–H and O–H groups in total. The summed E-state index contributed by atoms with van der Waals surface area (Å²) in [7, 11) is 0. The molecule has 102 valence electrons. The number of ketones is 2. The van der Waals surface area contributed by atoms with Crippen molar-refractivity contribution in [1.29, 1.82) is 0 Å². The molecule has 0 saturated carbocycles. The number of hydrogen-bond acceptors (Lipinski definition) is 4. The maximum atomic E-state index is 12.0. The van der Waals surface area contributed by atoms with Crippen molar-refractivity contribution in [3.05, 3.63) is 59.4 Å². The second-order valence-corrected chi connectivity index (χ2v) is 4.23. The number of carbonyl (C=O) groups excluding carboxylic acids is 3. The average molecular weight is 271 g/mol. The lowest BCUT2D eigenvalue weighted by molar-refractivity contribution is -0.142. The highest BCUT2D eigenvalue weighted by Gasteiger charge is 2.19. The second-order valence-electron chi connectivity index (χ2n) is 4.23. The number of aromatic amines is 1. The van der Waals surface area contributed by atoms with Gasteiger partial charge in [0.2, 0.25) is 11.6 Å². The zero-order valence-corrected chi connectivity index (χ0v) is 10.9. The molecule has 2 aromatic rings. The number of nitrogens with one attached hydrogen (secondary N) is 1. The zero-order chi connectivity index (χ0) is 14.5. The van der Waals surface area contributed by atoms with E-state index in [1.54, 1.807) is 30.3 Å². The van der Waals surface area contributed by atoms with Crippen molar-refractivity contribution < 1.29 is 19.1 Å². The van der Waals surface area contributed by atoms with Crippen LogP contribution in [0.1, 0.15) is 33.3 Å². The third-order valence-electron chi connectivity index (χ3n) is 2.67. The highest BCUT2D eigenvalue weighted by molar-refractivity contribution is 6.48. The van der Waals surface area contributed by atoms with Crippen molar-refractivity contribution in [2.24, 2.45) is 0 Å². The van der Waals surface area contributed by atoms with Crippen LogP contribution in [0.3, 0.4) is 0 Å². The molecule has 0 radical (unpaired) electrons. The van der Waals surface area contributed by atoms with Gasteiger partial charge in [-0.1, -0.05) is 30.3 Å². The molecule has 0 amide bonds. The number of aromatic nitrogens is 1. The van der Waals surface area contributed by atoms with Gasteiger partial charge in [-0.05, 0) is 6.07 Å². The first-order chi connectivity index (χ1) is 9.58. The second kappa shape index (κ2) is 5.97. The fourth-order valence-electron chi connectivity index (χ4n) is 1.68. The van der Waals surface area contributed by atoms with Crippen molar-refractivity contribution in [2.45, 2.75) is 13.5 Å². The molecular weight excluding hydrogens is 258 g/mol. The van der Waals surface area contributed by atoms with Crippen LogP contribution in [-0.2, 0) is 16.1 Å². The molecule has 0 spiro atoms. The number of esters is 1. The number of rotatable bonds is 5. The van der Waals surface area contributed by atoms with Gasteiger partial charge >= 0.3 is 5.97 Å². The Bertz CT molecular complexity index is 643. The van der Waals surface area contributed by atoms with Crippen LogP contribution in [-0.4, -0.2) is 22.5 Å². The summed E-state index contributed by atoms with van der Waals surface area (Å²) in [5.74, 6) is -1.60. The molecule has 0 unspecified atom stereocenters. The van der Waals surface area contributed by atoms with Crippen LogP contribution in [0.25, 0.3) is 0 Å². The molecule has 0 aliphatic heterocycles. The van der Waals surface area contributed by atoms with Gasteiger partial charge in [-0.3, -0.25) is 14.4 Å². The largest absolute Gasteiger partial charge is 0.461 e. The first kappa shape index (κ1) is 13.7. The Morgan fingerprint density at radius 1 is 1.10 bits per heavy atom. The van der Waals surface area contributed by atoms with E-state index in [2.05, 4.69) is 4.98 Å². The van der Waals surface area contributed by atoms with Crippen LogP contribution < -0.4 is 0 Å². The summed E-state index contributed by atoms with van der Waals surface area (Å²) in [6.45, 7) is 1.37. The van der Waals surface area contributed by atoms with Crippen molar-refractivity contribution in [3.63, 3.8) is 0 Å². The van der Waals surface area contributed by atoms with E-state index in [9.17, 15) is 14.4 Å². The Morgan fingerprint density at radius 2 is 1.80 bits per heavy atom. The van der Waals surface area contributed by atoms with Crippen molar-refractivity contribution in [2.75, 3.05) is 0 Å². The van der Waals surface area contributed by atoms with E-state index in [-0.39, 0.29) is 12.3 Å². The third kappa shape index (κ3) is 3.20. The summed E-state index contributed by atoms with van der Waals surface area (Å²) in [5.41, 5.74) is 1.15. The number of ether oxygens (including phenoxy) is 1. The molecule has 0 aliphatic rings. The van der Waals surface area contributed by atoms with Gasteiger partial charge < -0.3 is 9.72 Å². The number of Topliss-reactive ketones (excluding diaryl/α,β-unsaturated/α-hetero) is 2. The fourth-order valence-corrected chi connectivity index (χ4v) is 1.68. The van der Waals surface area contributed by atoms with Crippen LogP contribution in [0, 0.1) is 0 Å². The predicted molar refractivity (Wildman–Crippen MR) is 71.4 cm³/mol. The number of benzene rings is 1. The monoisotopic (exact) mass is 271 g/mol. The van der Waals surface area contributed by atoms with Crippen LogP contribution in [0.5, 0.6) is 0 Å². The number of H-pyrrole nitrogens is 1. The Balaban J connectivity index is 2.10. The lowest BCUT2D eigenvalue weighted by Gasteiger charge is -1.98. The van der Waals surface area contributed by atoms with Gasteiger partial charge in [-0.15, -0.1) is 0 Å². The maximum absolute atomic E-state index is 12.0.